The fourth-order valence-corrected chi connectivity index (χ4v) is 1.95. The molecule has 0 amide bonds. The van der Waals surface area contributed by atoms with E-state index in [1.54, 1.807) is 0 Å². The molecule has 0 saturated heterocycles. The summed E-state index contributed by atoms with van der Waals surface area (Å²) >= 11 is 5.22. The Morgan fingerprint density at radius 1 is 1.28 bits per heavy atom. The molecule has 4 nitrogen and oxygen atoms in total. The lowest BCUT2D eigenvalue weighted by molar-refractivity contribution is 0.174. The number of thiocarbonyl (C=S) groups is 1. The second kappa shape index (κ2) is 6.44. The van der Waals surface area contributed by atoms with Gasteiger partial charge < -0.3 is 20.1 Å². The fourth-order valence-electron chi connectivity index (χ4n) is 1.73. The van der Waals surface area contributed by atoms with Crippen LogP contribution in [0.2, 0.25) is 0 Å². The summed E-state index contributed by atoms with van der Waals surface area (Å²) in [5, 5.41) is 6.96. The minimum atomic E-state index is 0.290. The third-order valence-electron chi connectivity index (χ3n) is 2.70. The molecule has 0 unspecified atom stereocenters. The van der Waals surface area contributed by atoms with Crippen molar-refractivity contribution < 1.29 is 9.47 Å². The molecule has 0 aromatic heterocycles. The average Bonchev–Trinajstić information content (AvgIpc) is 2.82. The van der Waals surface area contributed by atoms with Crippen LogP contribution in [-0.2, 0) is 0 Å². The van der Waals surface area contributed by atoms with Gasteiger partial charge in [-0.3, -0.25) is 0 Å². The van der Waals surface area contributed by atoms with E-state index in [-0.39, 0.29) is 0 Å². The minimum absolute atomic E-state index is 0.290. The molecule has 1 aliphatic rings. The predicted octanol–water partition coefficient (Wildman–Crippen LogP) is 2.89. The molecule has 1 aromatic carbocycles. The van der Waals surface area contributed by atoms with E-state index in [1.165, 1.54) is 12.8 Å². The van der Waals surface area contributed by atoms with Crippen molar-refractivity contribution in [2.24, 2.45) is 0 Å². The maximum absolute atomic E-state index is 5.31. The molecule has 0 fully saturated rings. The topological polar surface area (TPSA) is 42.5 Å². The zero-order valence-electron chi connectivity index (χ0n) is 10.5. The van der Waals surface area contributed by atoms with Crippen molar-refractivity contribution in [1.29, 1.82) is 0 Å². The largest absolute Gasteiger partial charge is 0.454 e. The Hall–Kier alpha value is -1.49. The Morgan fingerprint density at radius 2 is 2.11 bits per heavy atom. The smallest absolute Gasteiger partial charge is 0.231 e. The molecule has 98 valence electrons. The molecule has 1 aliphatic heterocycles. The summed E-state index contributed by atoms with van der Waals surface area (Å²) in [4.78, 5) is 0. The third kappa shape index (κ3) is 3.50. The van der Waals surface area contributed by atoms with Crippen molar-refractivity contribution >= 4 is 23.0 Å². The Kier molecular flexibility index (Phi) is 4.64. The van der Waals surface area contributed by atoms with Crippen LogP contribution in [0.3, 0.4) is 0 Å². The van der Waals surface area contributed by atoms with Crippen LogP contribution < -0.4 is 20.1 Å². The van der Waals surface area contributed by atoms with Crippen LogP contribution in [0.1, 0.15) is 26.2 Å². The first-order chi connectivity index (χ1) is 8.79. The van der Waals surface area contributed by atoms with Gasteiger partial charge in [-0.1, -0.05) is 19.8 Å². The van der Waals surface area contributed by atoms with Crippen LogP contribution in [-0.4, -0.2) is 18.5 Å². The number of fused-ring (bicyclic) bond motifs is 1. The Morgan fingerprint density at radius 3 is 2.94 bits per heavy atom. The second-order valence-corrected chi connectivity index (χ2v) is 4.56. The first-order valence-corrected chi connectivity index (χ1v) is 6.65. The highest BCUT2D eigenvalue weighted by atomic mass is 32.1. The lowest BCUT2D eigenvalue weighted by Gasteiger charge is -2.10. The van der Waals surface area contributed by atoms with E-state index < -0.39 is 0 Å². The van der Waals surface area contributed by atoms with Gasteiger partial charge in [-0.2, -0.15) is 0 Å². The van der Waals surface area contributed by atoms with Crippen molar-refractivity contribution in [2.45, 2.75) is 26.2 Å². The Labute approximate surface area is 113 Å². The summed E-state index contributed by atoms with van der Waals surface area (Å²) in [5.41, 5.74) is 0.909. The average molecular weight is 266 g/mol. The molecule has 2 rings (SSSR count). The van der Waals surface area contributed by atoms with Crippen LogP contribution in [0.4, 0.5) is 5.69 Å². The highest BCUT2D eigenvalue weighted by Gasteiger charge is 2.13. The number of unbranched alkanes of at least 4 members (excludes halogenated alkanes) is 2. The van der Waals surface area contributed by atoms with Crippen molar-refractivity contribution in [3.63, 3.8) is 0 Å². The van der Waals surface area contributed by atoms with Gasteiger partial charge in [0.15, 0.2) is 16.6 Å². The normalized spacial score (nSPS) is 12.3. The minimum Gasteiger partial charge on any atom is -0.454 e. The number of benzene rings is 1. The van der Waals surface area contributed by atoms with Gasteiger partial charge in [-0.25, -0.2) is 0 Å². The molecule has 5 heteroatoms. The molecule has 0 spiro atoms. The van der Waals surface area contributed by atoms with E-state index in [0.29, 0.717) is 11.9 Å². The van der Waals surface area contributed by atoms with Gasteiger partial charge in [-0.15, -0.1) is 0 Å². The van der Waals surface area contributed by atoms with Gasteiger partial charge in [0.05, 0.1) is 0 Å². The lowest BCUT2D eigenvalue weighted by atomic mass is 10.2. The van der Waals surface area contributed by atoms with E-state index in [9.17, 15) is 0 Å². The monoisotopic (exact) mass is 266 g/mol. The van der Waals surface area contributed by atoms with Crippen LogP contribution in [0.15, 0.2) is 18.2 Å². The summed E-state index contributed by atoms with van der Waals surface area (Å²) in [6.07, 6.45) is 3.57. The van der Waals surface area contributed by atoms with Crippen molar-refractivity contribution in [2.75, 3.05) is 18.7 Å². The van der Waals surface area contributed by atoms with Crippen molar-refractivity contribution in [1.82, 2.24) is 5.32 Å². The standard InChI is InChI=1S/C13H18N2O2S/c1-2-3-4-7-14-13(18)15-10-5-6-11-12(8-10)17-9-16-11/h5-6,8H,2-4,7,9H2,1H3,(H2,14,15,18). The molecule has 1 aromatic rings. The maximum Gasteiger partial charge on any atom is 0.231 e. The van der Waals surface area contributed by atoms with Crippen LogP contribution in [0.25, 0.3) is 0 Å². The second-order valence-electron chi connectivity index (χ2n) is 4.16. The fraction of sp³-hybridized carbons (Fsp3) is 0.462. The first kappa shape index (κ1) is 13.0. The quantitative estimate of drug-likeness (QED) is 0.633. The first-order valence-electron chi connectivity index (χ1n) is 6.24. The van der Waals surface area contributed by atoms with E-state index in [0.717, 1.165) is 30.2 Å². The number of nitrogens with one attached hydrogen (secondary N) is 2. The summed E-state index contributed by atoms with van der Waals surface area (Å²) in [6, 6.07) is 5.69. The van der Waals surface area contributed by atoms with Gasteiger partial charge in [0.1, 0.15) is 0 Å². The lowest BCUT2D eigenvalue weighted by Crippen LogP contribution is -2.29. The summed E-state index contributed by atoms with van der Waals surface area (Å²) < 4.78 is 10.6. The van der Waals surface area contributed by atoms with Gasteiger partial charge in [0.2, 0.25) is 6.79 Å². The number of anilines is 1. The Bertz CT molecular complexity index is 423. The number of rotatable bonds is 5. The molecule has 0 saturated carbocycles. The summed E-state index contributed by atoms with van der Waals surface area (Å²) in [5.74, 6) is 1.54. The van der Waals surface area contributed by atoms with E-state index in [1.807, 2.05) is 18.2 Å². The molecule has 0 radical (unpaired) electrons. The molecule has 2 N–H and O–H groups in total. The SMILES string of the molecule is CCCCCNC(=S)Nc1ccc2c(c1)OCO2. The predicted molar refractivity (Wildman–Crippen MR) is 76.3 cm³/mol. The zero-order valence-corrected chi connectivity index (χ0v) is 11.3. The number of hydrogen-bond donors (Lipinski definition) is 2. The summed E-state index contributed by atoms with van der Waals surface area (Å²) in [6.45, 7) is 3.38. The maximum atomic E-state index is 5.31. The van der Waals surface area contributed by atoms with E-state index in [4.69, 9.17) is 21.7 Å². The highest BCUT2D eigenvalue weighted by Crippen LogP contribution is 2.34. The molecule has 18 heavy (non-hydrogen) atoms. The van der Waals surface area contributed by atoms with Crippen LogP contribution in [0, 0.1) is 0 Å². The molecular formula is C13H18N2O2S. The van der Waals surface area contributed by atoms with Crippen LogP contribution >= 0.6 is 12.2 Å². The van der Waals surface area contributed by atoms with Crippen molar-refractivity contribution in [3.05, 3.63) is 18.2 Å². The Balaban J connectivity index is 1.80. The van der Waals surface area contributed by atoms with Gasteiger partial charge in [0.25, 0.3) is 0 Å². The molecule has 0 atom stereocenters. The third-order valence-corrected chi connectivity index (χ3v) is 2.94. The van der Waals surface area contributed by atoms with E-state index >= 15 is 0 Å². The molecule has 0 aliphatic carbocycles. The molecule has 0 bridgehead atoms. The van der Waals surface area contributed by atoms with Gasteiger partial charge in [0, 0.05) is 18.3 Å². The number of ether oxygens (including phenoxy) is 2. The number of hydrogen-bond acceptors (Lipinski definition) is 3. The highest BCUT2D eigenvalue weighted by molar-refractivity contribution is 7.80. The molecular weight excluding hydrogens is 248 g/mol. The van der Waals surface area contributed by atoms with Gasteiger partial charge >= 0.3 is 0 Å². The van der Waals surface area contributed by atoms with E-state index in [2.05, 4.69) is 17.6 Å². The zero-order chi connectivity index (χ0) is 12.8. The van der Waals surface area contributed by atoms with Gasteiger partial charge in [-0.05, 0) is 30.8 Å². The van der Waals surface area contributed by atoms with Crippen LogP contribution in [0.5, 0.6) is 11.5 Å². The summed E-state index contributed by atoms with van der Waals surface area (Å²) in [7, 11) is 0. The molecule has 1 heterocycles. The van der Waals surface area contributed by atoms with Crippen molar-refractivity contribution in [3.8, 4) is 11.5 Å².